The maximum atomic E-state index is 12.5. The molecule has 0 radical (unpaired) electrons. The number of nitrogens with one attached hydrogen (secondary N) is 2. The van der Waals surface area contributed by atoms with Crippen molar-refractivity contribution in [1.29, 1.82) is 0 Å². The topological polar surface area (TPSA) is 76.7 Å². The molecule has 6 nitrogen and oxygen atoms in total. The van der Waals surface area contributed by atoms with Gasteiger partial charge in [0, 0.05) is 23.7 Å². The van der Waals surface area contributed by atoms with E-state index in [1.54, 1.807) is 50.6 Å². The minimum Gasteiger partial charge on any atom is -0.497 e. The quantitative estimate of drug-likeness (QED) is 0.845. The molecule has 0 aliphatic heterocycles. The number of amides is 2. The molecule has 0 bridgehead atoms. The lowest BCUT2D eigenvalue weighted by atomic mass is 10.1. The molecule has 6 heteroatoms. The fraction of sp³-hybridized carbons (Fsp3) is 0.263. The first-order valence-corrected chi connectivity index (χ1v) is 7.85. The maximum absolute atomic E-state index is 12.5. The van der Waals surface area contributed by atoms with Crippen molar-refractivity contribution in [2.24, 2.45) is 0 Å². The summed E-state index contributed by atoms with van der Waals surface area (Å²) in [7, 11) is 3.17. The van der Waals surface area contributed by atoms with Crippen LogP contribution in [0.4, 0.5) is 5.69 Å². The Bertz CT molecular complexity index is 774. The molecule has 0 saturated heterocycles. The van der Waals surface area contributed by atoms with Gasteiger partial charge in [0.1, 0.15) is 11.5 Å². The lowest BCUT2D eigenvalue weighted by molar-refractivity contribution is -0.114. The van der Waals surface area contributed by atoms with E-state index in [4.69, 9.17) is 9.47 Å². The van der Waals surface area contributed by atoms with Gasteiger partial charge in [-0.25, -0.2) is 0 Å². The second-order valence-electron chi connectivity index (χ2n) is 5.57. The molecule has 0 fully saturated rings. The molecule has 0 heterocycles. The highest BCUT2D eigenvalue weighted by atomic mass is 16.5. The normalized spacial score (nSPS) is 11.4. The molecule has 2 amide bonds. The largest absolute Gasteiger partial charge is 0.497 e. The van der Waals surface area contributed by atoms with Crippen LogP contribution in [0.2, 0.25) is 0 Å². The van der Waals surface area contributed by atoms with Crippen LogP contribution in [0.5, 0.6) is 11.5 Å². The van der Waals surface area contributed by atoms with Crippen LogP contribution in [0.1, 0.15) is 35.8 Å². The molecule has 25 heavy (non-hydrogen) atoms. The highest BCUT2D eigenvalue weighted by Gasteiger charge is 2.16. The summed E-state index contributed by atoms with van der Waals surface area (Å²) >= 11 is 0. The molecule has 2 N–H and O–H groups in total. The summed E-state index contributed by atoms with van der Waals surface area (Å²) < 4.78 is 10.6. The Morgan fingerprint density at radius 2 is 1.80 bits per heavy atom. The van der Waals surface area contributed by atoms with Crippen LogP contribution in [0.15, 0.2) is 42.5 Å². The zero-order valence-corrected chi connectivity index (χ0v) is 14.8. The third-order valence-electron chi connectivity index (χ3n) is 3.70. The van der Waals surface area contributed by atoms with E-state index in [-0.39, 0.29) is 17.9 Å². The average Bonchev–Trinajstić information content (AvgIpc) is 2.60. The molecule has 2 aromatic rings. The number of carbonyl (C=O) groups is 2. The van der Waals surface area contributed by atoms with Crippen molar-refractivity contribution in [3.05, 3.63) is 53.6 Å². The summed E-state index contributed by atoms with van der Waals surface area (Å²) in [5.41, 5.74) is 1.85. The van der Waals surface area contributed by atoms with E-state index in [0.717, 1.165) is 5.56 Å². The van der Waals surface area contributed by atoms with Gasteiger partial charge in [0.05, 0.1) is 20.3 Å². The lowest BCUT2D eigenvalue weighted by Crippen LogP contribution is -2.27. The van der Waals surface area contributed by atoms with E-state index in [2.05, 4.69) is 10.6 Å². The third kappa shape index (κ3) is 4.73. The molecule has 2 aromatic carbocycles. The molecule has 0 aliphatic rings. The summed E-state index contributed by atoms with van der Waals surface area (Å²) in [5, 5.41) is 5.59. The summed E-state index contributed by atoms with van der Waals surface area (Å²) in [6.07, 6.45) is 0. The van der Waals surface area contributed by atoms with E-state index in [0.29, 0.717) is 22.7 Å². The van der Waals surface area contributed by atoms with Gasteiger partial charge in [0.15, 0.2) is 0 Å². The number of hydrogen-bond donors (Lipinski definition) is 2. The number of ether oxygens (including phenoxy) is 2. The van der Waals surface area contributed by atoms with Gasteiger partial charge in [0.2, 0.25) is 5.91 Å². The molecule has 132 valence electrons. The van der Waals surface area contributed by atoms with Crippen molar-refractivity contribution in [1.82, 2.24) is 5.32 Å². The Morgan fingerprint density at radius 3 is 2.44 bits per heavy atom. The van der Waals surface area contributed by atoms with Crippen LogP contribution >= 0.6 is 0 Å². The third-order valence-corrected chi connectivity index (χ3v) is 3.70. The highest BCUT2D eigenvalue weighted by molar-refractivity contribution is 5.97. The van der Waals surface area contributed by atoms with Gasteiger partial charge in [-0.1, -0.05) is 6.07 Å². The lowest BCUT2D eigenvalue weighted by Gasteiger charge is -2.18. The first kappa shape index (κ1) is 18.3. The molecule has 0 aliphatic carbocycles. The van der Waals surface area contributed by atoms with Crippen LogP contribution in [-0.4, -0.2) is 26.0 Å². The molecule has 1 atom stereocenters. The summed E-state index contributed by atoms with van der Waals surface area (Å²) in [6, 6.07) is 11.9. The minimum atomic E-state index is -0.290. The van der Waals surface area contributed by atoms with Crippen molar-refractivity contribution in [2.75, 3.05) is 19.5 Å². The molecule has 0 spiro atoms. The van der Waals surface area contributed by atoms with Crippen molar-refractivity contribution in [3.8, 4) is 11.5 Å². The number of hydrogen-bond acceptors (Lipinski definition) is 4. The molecular formula is C19H22N2O4. The monoisotopic (exact) mass is 342 g/mol. The number of carbonyl (C=O) groups excluding carboxylic acids is 2. The van der Waals surface area contributed by atoms with Crippen molar-refractivity contribution < 1.29 is 19.1 Å². The number of rotatable bonds is 6. The van der Waals surface area contributed by atoms with E-state index in [1.165, 1.54) is 6.92 Å². The van der Waals surface area contributed by atoms with Gasteiger partial charge in [-0.05, 0) is 43.3 Å². The Hall–Kier alpha value is -3.02. The maximum Gasteiger partial charge on any atom is 0.251 e. The van der Waals surface area contributed by atoms with Crippen molar-refractivity contribution >= 4 is 17.5 Å². The predicted molar refractivity (Wildman–Crippen MR) is 96.2 cm³/mol. The first-order chi connectivity index (χ1) is 11.9. The van der Waals surface area contributed by atoms with E-state index in [1.807, 2.05) is 13.0 Å². The number of benzene rings is 2. The smallest absolute Gasteiger partial charge is 0.251 e. The van der Waals surface area contributed by atoms with Crippen LogP contribution in [0.3, 0.4) is 0 Å². The molecular weight excluding hydrogens is 320 g/mol. The highest BCUT2D eigenvalue weighted by Crippen LogP contribution is 2.29. The first-order valence-electron chi connectivity index (χ1n) is 7.85. The minimum absolute atomic E-state index is 0.188. The van der Waals surface area contributed by atoms with Crippen molar-refractivity contribution in [3.63, 3.8) is 0 Å². The summed E-state index contributed by atoms with van der Waals surface area (Å²) in [6.45, 7) is 3.29. The standard InChI is InChI=1S/C19H22N2O4/c1-12(17-11-16(24-3)8-9-18(17)25-4)20-19(23)14-6-5-7-15(10-14)21-13(2)22/h5-12H,1-4H3,(H,20,23)(H,21,22)/t12-/m0/s1. The molecule has 0 aromatic heterocycles. The van der Waals surface area contributed by atoms with Gasteiger partial charge in [-0.2, -0.15) is 0 Å². The fourth-order valence-electron chi connectivity index (χ4n) is 2.48. The molecule has 0 unspecified atom stereocenters. The van der Waals surface area contributed by atoms with Crippen LogP contribution in [0.25, 0.3) is 0 Å². The zero-order valence-electron chi connectivity index (χ0n) is 14.8. The average molecular weight is 342 g/mol. The molecule has 0 saturated carbocycles. The van der Waals surface area contributed by atoms with Gasteiger partial charge in [-0.15, -0.1) is 0 Å². The second kappa shape index (κ2) is 8.19. The Labute approximate surface area is 147 Å². The predicted octanol–water partition coefficient (Wildman–Crippen LogP) is 3.15. The second-order valence-corrected chi connectivity index (χ2v) is 5.57. The van der Waals surface area contributed by atoms with Gasteiger partial charge >= 0.3 is 0 Å². The molecule has 2 rings (SSSR count). The summed E-state index contributed by atoms with van der Waals surface area (Å²) in [4.78, 5) is 23.7. The summed E-state index contributed by atoms with van der Waals surface area (Å²) in [5.74, 6) is 0.918. The van der Waals surface area contributed by atoms with E-state index >= 15 is 0 Å². The van der Waals surface area contributed by atoms with E-state index in [9.17, 15) is 9.59 Å². The van der Waals surface area contributed by atoms with Gasteiger partial charge in [-0.3, -0.25) is 9.59 Å². The van der Waals surface area contributed by atoms with E-state index < -0.39 is 0 Å². The Balaban J connectivity index is 2.19. The fourth-order valence-corrected chi connectivity index (χ4v) is 2.48. The van der Waals surface area contributed by atoms with Crippen LogP contribution < -0.4 is 20.1 Å². The Morgan fingerprint density at radius 1 is 1.04 bits per heavy atom. The van der Waals surface area contributed by atoms with Crippen molar-refractivity contribution in [2.45, 2.75) is 19.9 Å². The van der Waals surface area contributed by atoms with Crippen LogP contribution in [0, 0.1) is 0 Å². The SMILES string of the molecule is COc1ccc(OC)c([C@H](C)NC(=O)c2cccc(NC(C)=O)c2)c1. The van der Waals surface area contributed by atoms with Gasteiger partial charge < -0.3 is 20.1 Å². The zero-order chi connectivity index (χ0) is 18.4. The Kier molecular flexibility index (Phi) is 6.00. The van der Waals surface area contributed by atoms with Crippen LogP contribution in [-0.2, 0) is 4.79 Å². The number of anilines is 1. The number of methoxy groups -OCH3 is 2. The van der Waals surface area contributed by atoms with Gasteiger partial charge in [0.25, 0.3) is 5.91 Å².